The molecule has 3 N–H and O–H groups in total. The van der Waals surface area contributed by atoms with E-state index >= 15 is 0 Å². The van der Waals surface area contributed by atoms with Gasteiger partial charge in [0.05, 0.1) is 19.5 Å². The number of anilines is 1. The molecule has 0 bridgehead atoms. The van der Waals surface area contributed by atoms with Crippen LogP contribution in [0.3, 0.4) is 0 Å². The van der Waals surface area contributed by atoms with E-state index in [0.29, 0.717) is 0 Å². The number of fused-ring (bicyclic) bond motifs is 1. The van der Waals surface area contributed by atoms with Gasteiger partial charge in [0, 0.05) is 0 Å². The van der Waals surface area contributed by atoms with Crippen LogP contribution in [0.25, 0.3) is 11.2 Å². The Bertz CT molecular complexity index is 2250. The summed E-state index contributed by atoms with van der Waals surface area (Å²) in [6, 6.07) is 42.2. The molecule has 0 aliphatic carbocycles. The number of nitrogen functional groups attached to an aromatic ring is 1. The number of nitrogens with one attached hydrogen (secondary N) is 1. The fourth-order valence-corrected chi connectivity index (χ4v) is 17.8. The van der Waals surface area contributed by atoms with Crippen LogP contribution in [0.2, 0.25) is 10.1 Å². The zero-order valence-corrected chi connectivity index (χ0v) is 35.6. The van der Waals surface area contributed by atoms with Crippen molar-refractivity contribution < 1.29 is 18.3 Å². The zero-order chi connectivity index (χ0) is 40.4. The number of aromatic nitrogens is 4. The first kappa shape index (κ1) is 40.2. The largest absolute Gasteiger partial charge is 0.405 e. The van der Waals surface area contributed by atoms with Crippen LogP contribution in [0.15, 0.2) is 145 Å². The van der Waals surface area contributed by atoms with Gasteiger partial charge in [-0.3, -0.25) is 14.3 Å². The van der Waals surface area contributed by atoms with Crippen LogP contribution in [0, 0.1) is 0 Å². The monoisotopic (exact) mass is 799 g/mol. The van der Waals surface area contributed by atoms with E-state index in [1.807, 2.05) is 24.3 Å². The van der Waals surface area contributed by atoms with Crippen LogP contribution in [-0.4, -0.2) is 67.7 Å². The number of ether oxygens (including phenoxy) is 2. The molecule has 296 valence electrons. The maximum Gasteiger partial charge on any atom is 0.280 e. The Morgan fingerprint density at radius 3 is 1.70 bits per heavy atom. The van der Waals surface area contributed by atoms with Crippen molar-refractivity contribution in [2.24, 2.45) is 0 Å². The van der Waals surface area contributed by atoms with Gasteiger partial charge in [0.2, 0.25) is 5.95 Å². The highest BCUT2D eigenvalue weighted by Crippen LogP contribution is 2.44. The third-order valence-corrected chi connectivity index (χ3v) is 21.1. The van der Waals surface area contributed by atoms with Crippen LogP contribution in [0.1, 0.15) is 47.8 Å². The molecule has 0 amide bonds. The average Bonchev–Trinajstić information content (AvgIpc) is 3.77. The number of hydrogen-bond acceptors (Lipinski definition) is 8. The van der Waals surface area contributed by atoms with Gasteiger partial charge in [-0.05, 0) is 30.8 Å². The molecule has 1 aliphatic heterocycles. The number of benzene rings is 4. The molecular weight excluding hydrogens is 747 g/mol. The number of rotatable bonds is 13. The summed E-state index contributed by atoms with van der Waals surface area (Å²) < 4.78 is 31.2. The number of imidazole rings is 1. The quantitative estimate of drug-likeness (QED) is 0.113. The summed E-state index contributed by atoms with van der Waals surface area (Å²) in [4.78, 5) is 24.6. The molecule has 4 aromatic carbocycles. The lowest BCUT2D eigenvalue weighted by molar-refractivity contribution is -0.0633. The van der Waals surface area contributed by atoms with Gasteiger partial charge < -0.3 is 24.1 Å². The second-order valence-electron chi connectivity index (χ2n) is 16.6. The Morgan fingerprint density at radius 2 is 1.25 bits per heavy atom. The number of H-pyrrole nitrogens is 1. The van der Waals surface area contributed by atoms with Gasteiger partial charge >= 0.3 is 0 Å². The summed E-state index contributed by atoms with van der Waals surface area (Å²) in [5.41, 5.74) is 6.09. The minimum atomic E-state index is -3.21. The number of aromatic amines is 1. The van der Waals surface area contributed by atoms with E-state index in [2.05, 4.69) is 160 Å². The van der Waals surface area contributed by atoms with Crippen molar-refractivity contribution >= 4 is 54.5 Å². The molecule has 2 aromatic heterocycles. The Labute approximate surface area is 337 Å². The fourth-order valence-electron chi connectivity index (χ4n) is 8.56. The summed E-state index contributed by atoms with van der Waals surface area (Å²) in [6.45, 7) is 17.9. The van der Waals surface area contributed by atoms with Crippen LogP contribution in [0.4, 0.5) is 5.95 Å². The topological polar surface area (TPSA) is 127 Å². The van der Waals surface area contributed by atoms with E-state index < -0.39 is 46.7 Å². The smallest absolute Gasteiger partial charge is 0.280 e. The van der Waals surface area contributed by atoms with Gasteiger partial charge in [0.25, 0.3) is 22.2 Å². The molecule has 0 radical (unpaired) electrons. The molecular formula is C45H53N5O5Si2. The highest BCUT2D eigenvalue weighted by molar-refractivity contribution is 7.00. The number of nitrogens with zero attached hydrogens (tertiary/aromatic N) is 3. The van der Waals surface area contributed by atoms with Crippen molar-refractivity contribution in [3.63, 3.8) is 0 Å². The molecule has 10 nitrogen and oxygen atoms in total. The summed E-state index contributed by atoms with van der Waals surface area (Å²) >= 11 is 0. The minimum Gasteiger partial charge on any atom is -0.405 e. The average molecular weight is 800 g/mol. The Balaban J connectivity index is 1.44. The first-order valence-corrected chi connectivity index (χ1v) is 23.3. The van der Waals surface area contributed by atoms with Gasteiger partial charge in [0.15, 0.2) is 17.4 Å². The van der Waals surface area contributed by atoms with E-state index in [0.717, 1.165) is 20.7 Å². The van der Waals surface area contributed by atoms with Crippen molar-refractivity contribution in [1.82, 2.24) is 19.5 Å². The van der Waals surface area contributed by atoms with Gasteiger partial charge in [-0.2, -0.15) is 4.98 Å². The highest BCUT2D eigenvalue weighted by atomic mass is 28.4. The molecule has 1 saturated heterocycles. The SMILES string of the molecule is C=CCO[C@@H]1[C@H](O[Si](c2ccccc2)(c2ccccc2)C(C)(C)C)C(CO[Si](c2ccccc2)(c2ccccc2)C(C)(C)C)O[C@H]1n1cnc2c(=O)[nH]c(N)nc21. The minimum absolute atomic E-state index is 0.0255. The molecule has 0 spiro atoms. The Morgan fingerprint density at radius 1 is 0.772 bits per heavy atom. The zero-order valence-electron chi connectivity index (χ0n) is 33.6. The predicted molar refractivity (Wildman–Crippen MR) is 232 cm³/mol. The van der Waals surface area contributed by atoms with Crippen molar-refractivity contribution in [2.45, 2.75) is 76.2 Å². The van der Waals surface area contributed by atoms with Crippen molar-refractivity contribution in [2.75, 3.05) is 18.9 Å². The maximum atomic E-state index is 13.0. The molecule has 6 aromatic rings. The lowest BCUT2D eigenvalue weighted by Crippen LogP contribution is -2.70. The Kier molecular flexibility index (Phi) is 11.4. The molecule has 1 unspecified atom stereocenters. The lowest BCUT2D eigenvalue weighted by Gasteiger charge is -2.46. The molecule has 7 rings (SSSR count). The molecule has 12 heteroatoms. The summed E-state index contributed by atoms with van der Waals surface area (Å²) in [5, 5.41) is 3.91. The molecule has 1 fully saturated rings. The molecule has 0 saturated carbocycles. The van der Waals surface area contributed by atoms with Gasteiger partial charge in [-0.25, -0.2) is 4.98 Å². The summed E-state index contributed by atoms with van der Waals surface area (Å²) in [7, 11) is -6.25. The second-order valence-corrected chi connectivity index (χ2v) is 25.2. The van der Waals surface area contributed by atoms with E-state index in [-0.39, 0.29) is 40.4 Å². The molecule has 57 heavy (non-hydrogen) atoms. The van der Waals surface area contributed by atoms with Gasteiger partial charge in [-0.1, -0.05) is 169 Å². The van der Waals surface area contributed by atoms with Gasteiger partial charge in [-0.15, -0.1) is 6.58 Å². The number of hydrogen-bond donors (Lipinski definition) is 2. The van der Waals surface area contributed by atoms with E-state index in [1.54, 1.807) is 17.0 Å². The normalized spacial score (nSPS) is 19.2. The Hall–Kier alpha value is -4.96. The van der Waals surface area contributed by atoms with E-state index in [1.165, 1.54) is 0 Å². The highest BCUT2D eigenvalue weighted by Gasteiger charge is 2.58. The molecule has 3 heterocycles. The van der Waals surface area contributed by atoms with Crippen LogP contribution in [-0.2, 0) is 18.3 Å². The van der Waals surface area contributed by atoms with E-state index in [4.69, 9.17) is 24.1 Å². The van der Waals surface area contributed by atoms with Crippen LogP contribution < -0.4 is 32.0 Å². The van der Waals surface area contributed by atoms with E-state index in [9.17, 15) is 4.79 Å². The second kappa shape index (κ2) is 16.1. The van der Waals surface area contributed by atoms with Crippen molar-refractivity contribution in [3.05, 3.63) is 151 Å². The third kappa shape index (κ3) is 7.37. The predicted octanol–water partition coefficient (Wildman–Crippen LogP) is 5.69. The van der Waals surface area contributed by atoms with Crippen molar-refractivity contribution in [1.29, 1.82) is 0 Å². The summed E-state index contributed by atoms with van der Waals surface area (Å²) in [6.07, 6.45) is 0.431. The number of nitrogens with two attached hydrogens (primary N) is 1. The van der Waals surface area contributed by atoms with Gasteiger partial charge in [0.1, 0.15) is 18.3 Å². The first-order valence-electron chi connectivity index (χ1n) is 19.5. The maximum absolute atomic E-state index is 13.0. The van der Waals surface area contributed by atoms with Crippen LogP contribution >= 0.6 is 0 Å². The first-order chi connectivity index (χ1) is 27.3. The standard InChI is InChI=1S/C45H53N5O5Si2/c1-8-29-52-39-38(55-57(45(5,6)7,34-25-17-11-18-26-34)35-27-19-12-20-28-35)36(54-42(39)50-31-47-37-40(50)48-43(46)49-41(37)51)30-53-56(44(2,3)4,32-21-13-9-14-22-32)33-23-15-10-16-24-33/h8-28,31,36,38-39,42H,1,29-30H2,2-7H3,(H3,46,48,49,51)/t36?,38-,39-,42-/m1/s1. The molecule has 4 atom stereocenters. The van der Waals surface area contributed by atoms with Crippen molar-refractivity contribution in [3.8, 4) is 0 Å². The fraction of sp³-hybridized carbons (Fsp3) is 0.311. The third-order valence-electron chi connectivity index (χ3n) is 11.0. The summed E-state index contributed by atoms with van der Waals surface area (Å²) in [5.74, 6) is -0.0255. The lowest BCUT2D eigenvalue weighted by atomic mass is 10.1. The van der Waals surface area contributed by atoms with Crippen LogP contribution in [0.5, 0.6) is 0 Å². The molecule has 1 aliphatic rings.